The molecule has 0 amide bonds. The van der Waals surface area contributed by atoms with Gasteiger partial charge in [-0.15, -0.1) is 0 Å². The number of aliphatic hydroxyl groups is 1. The third-order valence-corrected chi connectivity index (χ3v) is 2.93. The molecule has 112 valence electrons. The minimum atomic E-state index is -4.61. The molecule has 0 saturated carbocycles. The Morgan fingerprint density at radius 3 is 2.52 bits per heavy atom. The van der Waals surface area contributed by atoms with Crippen LogP contribution in [0.5, 0.6) is 0 Å². The van der Waals surface area contributed by atoms with E-state index < -0.39 is 29.9 Å². The normalized spacial score (nSPS) is 13.2. The van der Waals surface area contributed by atoms with Crippen molar-refractivity contribution in [1.82, 2.24) is 10.2 Å². The third-order valence-electron chi connectivity index (χ3n) is 2.93. The van der Waals surface area contributed by atoms with Gasteiger partial charge in [-0.3, -0.25) is 4.79 Å². The lowest BCUT2D eigenvalue weighted by molar-refractivity contribution is -0.138. The number of aromatic amines is 1. The topological polar surface area (TPSA) is 92.0 Å². The largest absolute Gasteiger partial charge is 0.416 e. The van der Waals surface area contributed by atoms with Gasteiger partial charge in [-0.25, -0.2) is 5.10 Å². The van der Waals surface area contributed by atoms with Crippen LogP contribution in [0.15, 0.2) is 35.1 Å². The Morgan fingerprint density at radius 2 is 2.00 bits per heavy atom. The quantitative estimate of drug-likeness (QED) is 0.800. The van der Waals surface area contributed by atoms with Gasteiger partial charge in [0, 0.05) is 11.6 Å². The van der Waals surface area contributed by atoms with Crippen molar-refractivity contribution in [1.29, 1.82) is 0 Å². The highest BCUT2D eigenvalue weighted by molar-refractivity contribution is 5.61. The fourth-order valence-electron chi connectivity index (χ4n) is 1.89. The van der Waals surface area contributed by atoms with Crippen LogP contribution in [0.4, 0.5) is 13.2 Å². The summed E-state index contributed by atoms with van der Waals surface area (Å²) < 4.78 is 39.3. The summed E-state index contributed by atoms with van der Waals surface area (Å²) in [6.07, 6.45) is -4.61. The number of aliphatic hydroxyl groups excluding tert-OH is 1. The maximum absolute atomic E-state index is 13.1. The molecule has 1 unspecified atom stereocenters. The van der Waals surface area contributed by atoms with Crippen LogP contribution in [-0.4, -0.2) is 21.9 Å². The smallest absolute Gasteiger partial charge is 0.394 e. The van der Waals surface area contributed by atoms with Crippen LogP contribution >= 0.6 is 0 Å². The summed E-state index contributed by atoms with van der Waals surface area (Å²) in [5.74, 6) is 0. The Balaban J connectivity index is 2.56. The lowest BCUT2D eigenvalue weighted by Crippen LogP contribution is -2.20. The molecule has 0 radical (unpaired) electrons. The molecule has 0 spiro atoms. The highest BCUT2D eigenvalue weighted by Gasteiger charge is 2.35. The van der Waals surface area contributed by atoms with Gasteiger partial charge >= 0.3 is 6.18 Å². The Labute approximate surface area is 117 Å². The molecular weight excluding hydrogens is 287 g/mol. The fraction of sp³-hybridized carbons (Fsp3) is 0.231. The summed E-state index contributed by atoms with van der Waals surface area (Å²) in [5, 5.41) is 14.8. The van der Waals surface area contributed by atoms with E-state index >= 15 is 0 Å². The Bertz CT molecular complexity index is 677. The van der Waals surface area contributed by atoms with Crippen molar-refractivity contribution in [3.05, 3.63) is 51.8 Å². The molecule has 0 aliphatic carbocycles. The van der Waals surface area contributed by atoms with E-state index in [-0.39, 0.29) is 16.8 Å². The number of nitrogens with zero attached hydrogens (tertiary/aromatic N) is 1. The van der Waals surface area contributed by atoms with Crippen molar-refractivity contribution in [2.45, 2.75) is 12.2 Å². The first kappa shape index (κ1) is 15.2. The molecule has 8 heteroatoms. The SMILES string of the molecule is NC(CO)c1ccc(-c2ccc(=O)[nH]n2)cc1C(F)(F)F. The standard InChI is InChI=1S/C13H12F3N3O2/c14-13(15,16)9-5-7(1-2-8(9)10(17)6-20)11-3-4-12(21)19-18-11/h1-5,10,20H,6,17H2,(H,19,21). The second kappa shape index (κ2) is 5.66. The van der Waals surface area contributed by atoms with Gasteiger partial charge in [0.25, 0.3) is 5.56 Å². The summed E-state index contributed by atoms with van der Waals surface area (Å²) in [6, 6.07) is 4.86. The van der Waals surface area contributed by atoms with Gasteiger partial charge in [0.15, 0.2) is 0 Å². The van der Waals surface area contributed by atoms with Crippen molar-refractivity contribution in [3.63, 3.8) is 0 Å². The Morgan fingerprint density at radius 1 is 1.29 bits per heavy atom. The molecule has 0 aliphatic rings. The second-order valence-corrected chi connectivity index (χ2v) is 4.40. The minimum absolute atomic E-state index is 0.187. The zero-order chi connectivity index (χ0) is 15.6. The second-order valence-electron chi connectivity index (χ2n) is 4.40. The van der Waals surface area contributed by atoms with Gasteiger partial charge in [0.2, 0.25) is 0 Å². The summed E-state index contributed by atoms with van der Waals surface area (Å²) in [7, 11) is 0. The van der Waals surface area contributed by atoms with Crippen molar-refractivity contribution in [2.75, 3.05) is 6.61 Å². The van der Waals surface area contributed by atoms with E-state index in [2.05, 4.69) is 10.2 Å². The Kier molecular flexibility index (Phi) is 4.10. The molecule has 4 N–H and O–H groups in total. The monoisotopic (exact) mass is 299 g/mol. The molecule has 0 bridgehead atoms. The molecule has 2 rings (SSSR count). The number of rotatable bonds is 3. The highest BCUT2D eigenvalue weighted by atomic mass is 19.4. The average molecular weight is 299 g/mol. The van der Waals surface area contributed by atoms with Crippen molar-refractivity contribution in [3.8, 4) is 11.3 Å². The molecule has 1 aromatic carbocycles. The molecule has 1 aromatic heterocycles. The van der Waals surface area contributed by atoms with E-state index in [1.54, 1.807) is 0 Å². The van der Waals surface area contributed by atoms with Crippen LogP contribution in [0.1, 0.15) is 17.2 Å². The van der Waals surface area contributed by atoms with Gasteiger partial charge in [0.1, 0.15) is 0 Å². The van der Waals surface area contributed by atoms with Gasteiger partial charge in [0.05, 0.1) is 23.9 Å². The molecule has 2 aromatic rings. The molecule has 0 saturated heterocycles. The highest BCUT2D eigenvalue weighted by Crippen LogP contribution is 2.36. The van der Waals surface area contributed by atoms with E-state index in [1.165, 1.54) is 24.3 Å². The van der Waals surface area contributed by atoms with Crippen LogP contribution in [0.25, 0.3) is 11.3 Å². The predicted molar refractivity (Wildman–Crippen MR) is 69.3 cm³/mol. The number of benzene rings is 1. The zero-order valence-corrected chi connectivity index (χ0v) is 10.7. The van der Waals surface area contributed by atoms with Crippen LogP contribution < -0.4 is 11.3 Å². The summed E-state index contributed by atoms with van der Waals surface area (Å²) >= 11 is 0. The summed E-state index contributed by atoms with van der Waals surface area (Å²) in [5.41, 5.74) is 4.29. The molecule has 0 fully saturated rings. The predicted octanol–water partition coefficient (Wildman–Crippen LogP) is 1.45. The number of halogens is 3. The molecule has 21 heavy (non-hydrogen) atoms. The molecule has 1 heterocycles. The van der Waals surface area contributed by atoms with Gasteiger partial charge in [-0.1, -0.05) is 12.1 Å². The van der Waals surface area contributed by atoms with Crippen molar-refractivity contribution < 1.29 is 18.3 Å². The van der Waals surface area contributed by atoms with Gasteiger partial charge < -0.3 is 10.8 Å². The number of aromatic nitrogens is 2. The van der Waals surface area contributed by atoms with E-state index in [4.69, 9.17) is 10.8 Å². The van der Waals surface area contributed by atoms with E-state index in [0.29, 0.717) is 0 Å². The third kappa shape index (κ3) is 3.29. The van der Waals surface area contributed by atoms with Crippen LogP contribution in [0.2, 0.25) is 0 Å². The lowest BCUT2D eigenvalue weighted by Gasteiger charge is -2.17. The van der Waals surface area contributed by atoms with Crippen LogP contribution in [0, 0.1) is 0 Å². The number of hydrogen-bond donors (Lipinski definition) is 3. The number of nitrogens with one attached hydrogen (secondary N) is 1. The minimum Gasteiger partial charge on any atom is -0.394 e. The summed E-state index contributed by atoms with van der Waals surface area (Å²) in [4.78, 5) is 10.9. The van der Waals surface area contributed by atoms with Crippen molar-refractivity contribution >= 4 is 0 Å². The maximum atomic E-state index is 13.1. The fourth-order valence-corrected chi connectivity index (χ4v) is 1.89. The lowest BCUT2D eigenvalue weighted by atomic mass is 9.97. The average Bonchev–Trinajstić information content (AvgIpc) is 2.46. The summed E-state index contributed by atoms with van der Waals surface area (Å²) in [6.45, 7) is -0.598. The number of H-pyrrole nitrogens is 1. The number of alkyl halides is 3. The Hall–Kier alpha value is -2.19. The van der Waals surface area contributed by atoms with E-state index in [0.717, 1.165) is 6.07 Å². The maximum Gasteiger partial charge on any atom is 0.416 e. The number of nitrogens with two attached hydrogens (primary N) is 1. The van der Waals surface area contributed by atoms with E-state index in [9.17, 15) is 18.0 Å². The first-order valence-electron chi connectivity index (χ1n) is 5.96. The zero-order valence-electron chi connectivity index (χ0n) is 10.7. The number of hydrogen-bond acceptors (Lipinski definition) is 4. The first-order valence-corrected chi connectivity index (χ1v) is 5.96. The van der Waals surface area contributed by atoms with Crippen LogP contribution in [-0.2, 0) is 6.18 Å². The molecular formula is C13H12F3N3O2. The van der Waals surface area contributed by atoms with Gasteiger partial charge in [-0.05, 0) is 17.7 Å². The molecule has 5 nitrogen and oxygen atoms in total. The first-order chi connectivity index (χ1) is 9.82. The van der Waals surface area contributed by atoms with Gasteiger partial charge in [-0.2, -0.15) is 18.3 Å². The van der Waals surface area contributed by atoms with Crippen molar-refractivity contribution in [2.24, 2.45) is 5.73 Å². The molecule has 1 atom stereocenters. The van der Waals surface area contributed by atoms with E-state index in [1.807, 2.05) is 0 Å². The molecule has 0 aliphatic heterocycles. The van der Waals surface area contributed by atoms with Crippen LogP contribution in [0.3, 0.4) is 0 Å².